The van der Waals surface area contributed by atoms with Gasteiger partial charge in [0.05, 0.1) is 6.04 Å². The molecule has 1 aromatic carbocycles. The number of halogens is 4. The quantitative estimate of drug-likeness (QED) is 0.291. The van der Waals surface area contributed by atoms with Crippen molar-refractivity contribution < 1.29 is 30.6 Å². The number of hydrazine groups is 1. The second-order valence-electron chi connectivity index (χ2n) is 6.47. The van der Waals surface area contributed by atoms with Crippen molar-refractivity contribution in [2.75, 3.05) is 7.05 Å². The van der Waals surface area contributed by atoms with Gasteiger partial charge in [-0.05, 0) is 25.1 Å². The van der Waals surface area contributed by atoms with Crippen molar-refractivity contribution >= 4 is 27.6 Å². The number of nitrogens with zero attached hydrogens (tertiary/aromatic N) is 6. The van der Waals surface area contributed by atoms with Crippen molar-refractivity contribution in [1.82, 2.24) is 35.2 Å². The zero-order valence-corrected chi connectivity index (χ0v) is 18.4. The Morgan fingerprint density at radius 3 is 2.52 bits per heavy atom. The molecule has 0 radical (unpaired) electrons. The van der Waals surface area contributed by atoms with Crippen LogP contribution in [0.15, 0.2) is 43.0 Å². The number of hydrogen-bond donors (Lipinski definition) is 1. The third-order valence-corrected chi connectivity index (χ3v) is 5.37. The van der Waals surface area contributed by atoms with E-state index in [9.17, 15) is 26.4 Å². The molecular weight excluding hydrogens is 491 g/mol. The molecule has 2 aromatic heterocycles. The lowest BCUT2D eigenvalue weighted by atomic mass is 10.2. The molecule has 11 nitrogen and oxygen atoms in total. The summed E-state index contributed by atoms with van der Waals surface area (Å²) in [7, 11) is -4.43. The Hall–Kier alpha value is -3.30. The highest BCUT2D eigenvalue weighted by Gasteiger charge is 2.48. The maximum atomic E-state index is 12.6. The Kier molecular flexibility index (Phi) is 6.85. The SMILES string of the molecule is CC(c1ncnn1-c1ncccn1)N(C)NC(=O)c1cc(Cl)cc(OS(=O)(=O)C(F)(F)F)c1. The van der Waals surface area contributed by atoms with Gasteiger partial charge in [0.1, 0.15) is 12.1 Å². The summed E-state index contributed by atoms with van der Waals surface area (Å²) in [6.07, 6.45) is 4.31. The number of carbonyl (C=O) groups excluding carboxylic acids is 1. The van der Waals surface area contributed by atoms with Gasteiger partial charge in [-0.1, -0.05) is 11.6 Å². The van der Waals surface area contributed by atoms with E-state index in [-0.39, 0.29) is 16.5 Å². The number of amides is 1. The van der Waals surface area contributed by atoms with Gasteiger partial charge < -0.3 is 4.18 Å². The number of hydrogen-bond acceptors (Lipinski definition) is 9. The van der Waals surface area contributed by atoms with Gasteiger partial charge in [-0.25, -0.2) is 20.0 Å². The molecule has 0 aliphatic rings. The number of rotatable bonds is 7. The normalized spacial score (nSPS) is 13.1. The van der Waals surface area contributed by atoms with Gasteiger partial charge in [-0.3, -0.25) is 10.2 Å². The van der Waals surface area contributed by atoms with Gasteiger partial charge in [0, 0.05) is 36.1 Å². The van der Waals surface area contributed by atoms with Crippen molar-refractivity contribution in [2.24, 2.45) is 0 Å². The van der Waals surface area contributed by atoms with Crippen LogP contribution in [-0.4, -0.2) is 56.6 Å². The highest BCUT2D eigenvalue weighted by molar-refractivity contribution is 7.88. The van der Waals surface area contributed by atoms with E-state index in [2.05, 4.69) is 29.7 Å². The average Bonchev–Trinajstić information content (AvgIpc) is 3.22. The number of benzene rings is 1. The molecule has 0 fully saturated rings. The lowest BCUT2D eigenvalue weighted by Crippen LogP contribution is -2.41. The van der Waals surface area contributed by atoms with Crippen LogP contribution in [0.4, 0.5) is 13.2 Å². The van der Waals surface area contributed by atoms with Crippen molar-refractivity contribution in [3.05, 3.63) is 59.4 Å². The molecule has 3 rings (SSSR count). The summed E-state index contributed by atoms with van der Waals surface area (Å²) < 4.78 is 65.6. The van der Waals surface area contributed by atoms with E-state index in [0.29, 0.717) is 5.82 Å². The van der Waals surface area contributed by atoms with Crippen molar-refractivity contribution in [3.8, 4) is 11.7 Å². The number of carbonyl (C=O) groups is 1. The molecule has 2 heterocycles. The summed E-state index contributed by atoms with van der Waals surface area (Å²) in [6.45, 7) is 1.69. The molecule has 1 amide bonds. The Bertz CT molecular complexity index is 1250. The minimum absolute atomic E-state index is 0.216. The molecule has 0 aliphatic carbocycles. The molecule has 0 spiro atoms. The van der Waals surface area contributed by atoms with Crippen LogP contribution in [0, 0.1) is 0 Å². The Labute approximate surface area is 190 Å². The molecule has 3 aromatic rings. The van der Waals surface area contributed by atoms with Gasteiger partial charge in [0.15, 0.2) is 5.82 Å². The summed E-state index contributed by atoms with van der Waals surface area (Å²) in [5, 5.41) is 5.19. The monoisotopic (exact) mass is 505 g/mol. The molecule has 1 atom stereocenters. The van der Waals surface area contributed by atoms with E-state index >= 15 is 0 Å². The number of alkyl halides is 3. The molecule has 0 saturated carbocycles. The molecule has 1 N–H and O–H groups in total. The van der Waals surface area contributed by atoms with Crippen LogP contribution in [0.2, 0.25) is 5.02 Å². The number of aromatic nitrogens is 5. The fraction of sp³-hybridized carbons (Fsp3) is 0.235. The largest absolute Gasteiger partial charge is 0.534 e. The van der Waals surface area contributed by atoms with Crippen molar-refractivity contribution in [2.45, 2.75) is 18.5 Å². The van der Waals surface area contributed by atoms with Gasteiger partial charge >= 0.3 is 15.6 Å². The predicted molar refractivity (Wildman–Crippen MR) is 108 cm³/mol. The van der Waals surface area contributed by atoms with Gasteiger partial charge in [0.2, 0.25) is 0 Å². The van der Waals surface area contributed by atoms with Crippen LogP contribution >= 0.6 is 11.6 Å². The number of nitrogens with one attached hydrogen (secondary N) is 1. The summed E-state index contributed by atoms with van der Waals surface area (Å²) in [4.78, 5) is 25.0. The highest BCUT2D eigenvalue weighted by atomic mass is 35.5. The standard InChI is InChI=1S/C17H15ClF3N7O4S/c1-10(14-24-9-25-28(14)16-22-4-3-5-23-16)27(2)26-15(29)11-6-12(18)8-13(7-11)32-33(30,31)17(19,20)21/h3-10H,1-2H3,(H,26,29). The molecule has 0 bridgehead atoms. The first kappa shape index (κ1) is 24.3. The Balaban J connectivity index is 1.78. The Morgan fingerprint density at radius 1 is 1.21 bits per heavy atom. The first-order valence-electron chi connectivity index (χ1n) is 8.91. The fourth-order valence-electron chi connectivity index (χ4n) is 2.50. The van der Waals surface area contributed by atoms with E-state index in [4.69, 9.17) is 11.6 Å². The summed E-state index contributed by atoms with van der Waals surface area (Å²) in [5.41, 5.74) is -3.40. The fourth-order valence-corrected chi connectivity index (χ4v) is 3.17. The van der Waals surface area contributed by atoms with Crippen LogP contribution in [0.1, 0.15) is 29.1 Å². The smallest absolute Gasteiger partial charge is 0.376 e. The summed E-state index contributed by atoms with van der Waals surface area (Å²) in [6, 6.07) is 3.82. The summed E-state index contributed by atoms with van der Waals surface area (Å²) in [5.74, 6) is -0.959. The Morgan fingerprint density at radius 2 is 1.88 bits per heavy atom. The second kappa shape index (κ2) is 9.29. The van der Waals surface area contributed by atoms with Crippen molar-refractivity contribution in [3.63, 3.8) is 0 Å². The van der Waals surface area contributed by atoms with E-state index in [1.54, 1.807) is 13.0 Å². The minimum Gasteiger partial charge on any atom is -0.376 e. The second-order valence-corrected chi connectivity index (χ2v) is 8.44. The van der Waals surface area contributed by atoms with Crippen LogP contribution in [0.25, 0.3) is 5.95 Å². The lowest BCUT2D eigenvalue weighted by Gasteiger charge is -2.24. The van der Waals surface area contributed by atoms with Gasteiger partial charge in [-0.15, -0.1) is 0 Å². The van der Waals surface area contributed by atoms with Crippen LogP contribution in [0.5, 0.6) is 5.75 Å². The lowest BCUT2D eigenvalue weighted by molar-refractivity contribution is -0.0500. The van der Waals surface area contributed by atoms with E-state index in [0.717, 1.165) is 18.2 Å². The first-order valence-corrected chi connectivity index (χ1v) is 10.7. The predicted octanol–water partition coefficient (Wildman–Crippen LogP) is 2.28. The van der Waals surface area contributed by atoms with Gasteiger partial charge in [-0.2, -0.15) is 31.4 Å². The van der Waals surface area contributed by atoms with E-state index < -0.39 is 33.3 Å². The first-order chi connectivity index (χ1) is 15.4. The third kappa shape index (κ3) is 5.55. The minimum atomic E-state index is -5.94. The molecule has 0 saturated heterocycles. The van der Waals surface area contributed by atoms with Gasteiger partial charge in [0.25, 0.3) is 11.9 Å². The topological polar surface area (TPSA) is 132 Å². The maximum absolute atomic E-state index is 12.6. The average molecular weight is 506 g/mol. The molecular formula is C17H15ClF3N7O4S. The zero-order chi connectivity index (χ0) is 24.4. The molecule has 33 heavy (non-hydrogen) atoms. The maximum Gasteiger partial charge on any atom is 0.534 e. The molecule has 0 aliphatic heterocycles. The van der Waals surface area contributed by atoms with Crippen molar-refractivity contribution in [1.29, 1.82) is 0 Å². The summed E-state index contributed by atoms with van der Waals surface area (Å²) >= 11 is 5.82. The van der Waals surface area contributed by atoms with Crippen LogP contribution in [0.3, 0.4) is 0 Å². The zero-order valence-electron chi connectivity index (χ0n) is 16.9. The molecule has 1 unspecified atom stereocenters. The molecule has 176 valence electrons. The third-order valence-electron chi connectivity index (χ3n) is 4.17. The highest BCUT2D eigenvalue weighted by Crippen LogP contribution is 2.29. The van der Waals surface area contributed by atoms with E-state index in [1.165, 1.54) is 35.5 Å². The van der Waals surface area contributed by atoms with E-state index in [1.807, 2.05) is 0 Å². The van der Waals surface area contributed by atoms with Crippen LogP contribution < -0.4 is 9.61 Å². The molecule has 16 heteroatoms. The van der Waals surface area contributed by atoms with Crippen LogP contribution in [-0.2, 0) is 10.1 Å².